The van der Waals surface area contributed by atoms with Crippen molar-refractivity contribution in [3.63, 3.8) is 0 Å². The zero-order valence-corrected chi connectivity index (χ0v) is 18.9. The minimum atomic E-state index is -0.550. The predicted octanol–water partition coefficient (Wildman–Crippen LogP) is 5.89. The molecule has 0 aliphatic heterocycles. The summed E-state index contributed by atoms with van der Waals surface area (Å²) in [5.41, 5.74) is 2.89. The Hall–Kier alpha value is -3.09. The number of thioether (sulfide) groups is 1. The van der Waals surface area contributed by atoms with E-state index in [1.165, 1.54) is 16.5 Å². The summed E-state index contributed by atoms with van der Waals surface area (Å²) in [5.74, 6) is 1.06. The Kier molecular flexibility index (Phi) is 9.83. The monoisotopic (exact) mass is 449 g/mol. The normalized spacial score (nSPS) is 10.9. The van der Waals surface area contributed by atoms with Gasteiger partial charge in [-0.05, 0) is 67.3 Å². The molecular weight excluding hydrogens is 422 g/mol. The van der Waals surface area contributed by atoms with Crippen LogP contribution in [0.4, 0.5) is 0 Å². The van der Waals surface area contributed by atoms with E-state index in [1.807, 2.05) is 60.7 Å². The summed E-state index contributed by atoms with van der Waals surface area (Å²) >= 11 is 1.72. The number of rotatable bonds is 12. The molecule has 0 aliphatic rings. The maximum Gasteiger partial charge on any atom is 0.366 e. The highest BCUT2D eigenvalue weighted by atomic mass is 32.2. The first kappa shape index (κ1) is 23.6. The number of benzene rings is 2. The van der Waals surface area contributed by atoms with Crippen LogP contribution in [0.3, 0.4) is 0 Å². The SMILES string of the molecule is COc1ccc(CCCCOOC(=O)C=Cc2cccc(CSc3ccccc3)n2)cc1. The van der Waals surface area contributed by atoms with Crippen LogP contribution >= 0.6 is 11.8 Å². The molecule has 0 amide bonds. The number of pyridine rings is 1. The molecule has 2 aromatic carbocycles. The third-order valence-corrected chi connectivity index (χ3v) is 5.64. The lowest BCUT2D eigenvalue weighted by molar-refractivity contribution is -0.267. The average molecular weight is 450 g/mol. The van der Waals surface area contributed by atoms with E-state index in [2.05, 4.69) is 17.1 Å². The van der Waals surface area contributed by atoms with Crippen LogP contribution in [-0.4, -0.2) is 24.7 Å². The Labute approximate surface area is 193 Å². The highest BCUT2D eigenvalue weighted by molar-refractivity contribution is 7.98. The number of carbonyl (C=O) groups is 1. The van der Waals surface area contributed by atoms with Gasteiger partial charge in [-0.1, -0.05) is 36.4 Å². The van der Waals surface area contributed by atoms with Crippen LogP contribution in [0.15, 0.2) is 83.8 Å². The molecule has 0 bridgehead atoms. The zero-order valence-electron chi connectivity index (χ0n) is 18.1. The smallest absolute Gasteiger partial charge is 0.366 e. The molecule has 0 aliphatic carbocycles. The highest BCUT2D eigenvalue weighted by Gasteiger charge is 2.02. The van der Waals surface area contributed by atoms with Crippen molar-refractivity contribution in [3.8, 4) is 5.75 Å². The second kappa shape index (κ2) is 13.3. The fourth-order valence-electron chi connectivity index (χ4n) is 2.91. The summed E-state index contributed by atoms with van der Waals surface area (Å²) in [5, 5.41) is 0. The Bertz CT molecular complexity index is 990. The molecule has 0 fully saturated rings. The lowest BCUT2D eigenvalue weighted by atomic mass is 10.1. The summed E-state index contributed by atoms with van der Waals surface area (Å²) < 4.78 is 5.15. The first-order chi connectivity index (χ1) is 15.7. The number of carbonyl (C=O) groups excluding carboxylic acids is 1. The third-order valence-electron chi connectivity index (χ3n) is 4.59. The highest BCUT2D eigenvalue weighted by Crippen LogP contribution is 2.21. The van der Waals surface area contributed by atoms with Crippen LogP contribution in [0.1, 0.15) is 29.8 Å². The number of aromatic nitrogens is 1. The number of unbranched alkanes of at least 4 members (excludes halogenated alkanes) is 1. The molecule has 1 aromatic heterocycles. The van der Waals surface area contributed by atoms with Gasteiger partial charge in [0, 0.05) is 16.7 Å². The molecule has 0 unspecified atom stereocenters. The molecule has 0 spiro atoms. The molecule has 0 saturated carbocycles. The molecule has 5 nitrogen and oxygen atoms in total. The van der Waals surface area contributed by atoms with Crippen molar-refractivity contribution in [3.05, 3.63) is 95.8 Å². The predicted molar refractivity (Wildman–Crippen MR) is 127 cm³/mol. The Morgan fingerprint density at radius 1 is 0.969 bits per heavy atom. The zero-order chi connectivity index (χ0) is 22.4. The lowest BCUT2D eigenvalue weighted by Crippen LogP contribution is -2.03. The Morgan fingerprint density at radius 2 is 1.78 bits per heavy atom. The molecular formula is C26H27NO4S. The van der Waals surface area contributed by atoms with Gasteiger partial charge in [-0.2, -0.15) is 4.89 Å². The molecule has 0 atom stereocenters. The summed E-state index contributed by atoms with van der Waals surface area (Å²) in [6, 6.07) is 23.9. The second-order valence-electron chi connectivity index (χ2n) is 7.02. The molecule has 1 heterocycles. The number of hydrogen-bond donors (Lipinski definition) is 0. The van der Waals surface area contributed by atoms with Crippen molar-refractivity contribution in [2.75, 3.05) is 13.7 Å². The lowest BCUT2D eigenvalue weighted by Gasteiger charge is -2.04. The molecule has 0 N–H and O–H groups in total. The van der Waals surface area contributed by atoms with Crippen molar-refractivity contribution in [1.82, 2.24) is 4.98 Å². The molecule has 32 heavy (non-hydrogen) atoms. The molecule has 3 rings (SSSR count). The summed E-state index contributed by atoms with van der Waals surface area (Å²) in [4.78, 5) is 27.4. The maximum absolute atomic E-state index is 11.8. The van der Waals surface area contributed by atoms with Gasteiger partial charge in [0.15, 0.2) is 0 Å². The number of aryl methyl sites for hydroxylation is 1. The van der Waals surface area contributed by atoms with Crippen LogP contribution in [0.25, 0.3) is 6.08 Å². The minimum Gasteiger partial charge on any atom is -0.497 e. The average Bonchev–Trinajstić information content (AvgIpc) is 2.85. The van der Waals surface area contributed by atoms with E-state index in [9.17, 15) is 4.79 Å². The van der Waals surface area contributed by atoms with Gasteiger partial charge in [-0.3, -0.25) is 9.87 Å². The minimum absolute atomic E-state index is 0.361. The van der Waals surface area contributed by atoms with Gasteiger partial charge >= 0.3 is 5.97 Å². The fourth-order valence-corrected chi connectivity index (χ4v) is 3.73. The van der Waals surface area contributed by atoms with E-state index in [0.717, 1.165) is 36.5 Å². The van der Waals surface area contributed by atoms with E-state index in [4.69, 9.17) is 14.5 Å². The standard InChI is InChI=1S/C26H27NO4S/c1-29-24-16-13-21(14-17-24)8-5-6-19-30-31-26(28)18-15-22-9-7-10-23(27-22)20-32-25-11-3-2-4-12-25/h2-4,7,9-18H,5-6,8,19-20H2,1H3. The van der Waals surface area contributed by atoms with Crippen molar-refractivity contribution < 1.29 is 19.3 Å². The van der Waals surface area contributed by atoms with Crippen LogP contribution < -0.4 is 4.74 Å². The first-order valence-electron chi connectivity index (χ1n) is 10.5. The third kappa shape index (κ3) is 8.57. The Morgan fingerprint density at radius 3 is 2.56 bits per heavy atom. The van der Waals surface area contributed by atoms with E-state index in [-0.39, 0.29) is 0 Å². The van der Waals surface area contributed by atoms with Crippen molar-refractivity contribution in [2.45, 2.75) is 29.9 Å². The molecule has 166 valence electrons. The molecule has 3 aromatic rings. The topological polar surface area (TPSA) is 57.7 Å². The first-order valence-corrected chi connectivity index (χ1v) is 11.5. The van der Waals surface area contributed by atoms with E-state index < -0.39 is 5.97 Å². The van der Waals surface area contributed by atoms with Crippen LogP contribution in [-0.2, 0) is 26.7 Å². The molecule has 0 saturated heterocycles. The quantitative estimate of drug-likeness (QED) is 0.113. The van der Waals surface area contributed by atoms with Gasteiger partial charge in [0.2, 0.25) is 0 Å². The summed E-state index contributed by atoms with van der Waals surface area (Å²) in [7, 11) is 1.66. The van der Waals surface area contributed by atoms with Crippen LogP contribution in [0.2, 0.25) is 0 Å². The van der Waals surface area contributed by atoms with Crippen molar-refractivity contribution in [2.24, 2.45) is 0 Å². The van der Waals surface area contributed by atoms with Gasteiger partial charge < -0.3 is 4.74 Å². The molecule has 6 heteroatoms. The number of nitrogens with zero attached hydrogens (tertiary/aromatic N) is 1. The number of methoxy groups -OCH3 is 1. The Balaban J connectivity index is 1.32. The van der Waals surface area contributed by atoms with Crippen molar-refractivity contribution >= 4 is 23.8 Å². The fraction of sp³-hybridized carbons (Fsp3) is 0.231. The number of hydrogen-bond acceptors (Lipinski definition) is 6. The van der Waals surface area contributed by atoms with Gasteiger partial charge in [-0.15, -0.1) is 11.8 Å². The summed E-state index contributed by atoms with van der Waals surface area (Å²) in [6.45, 7) is 0.361. The van der Waals surface area contributed by atoms with Gasteiger partial charge in [0.05, 0.1) is 25.1 Å². The second-order valence-corrected chi connectivity index (χ2v) is 8.07. The van der Waals surface area contributed by atoms with Gasteiger partial charge in [0.25, 0.3) is 0 Å². The van der Waals surface area contributed by atoms with Crippen LogP contribution in [0.5, 0.6) is 5.75 Å². The van der Waals surface area contributed by atoms with E-state index in [0.29, 0.717) is 12.3 Å². The maximum atomic E-state index is 11.8. The number of ether oxygens (including phenoxy) is 1. The van der Waals surface area contributed by atoms with Gasteiger partial charge in [0.1, 0.15) is 5.75 Å². The van der Waals surface area contributed by atoms with Crippen LogP contribution in [0, 0.1) is 0 Å². The van der Waals surface area contributed by atoms with E-state index in [1.54, 1.807) is 24.9 Å². The van der Waals surface area contributed by atoms with Gasteiger partial charge in [-0.25, -0.2) is 4.79 Å². The van der Waals surface area contributed by atoms with Crippen molar-refractivity contribution in [1.29, 1.82) is 0 Å². The molecule has 0 radical (unpaired) electrons. The largest absolute Gasteiger partial charge is 0.497 e. The summed E-state index contributed by atoms with van der Waals surface area (Å²) in [6.07, 6.45) is 5.63. The van der Waals surface area contributed by atoms with E-state index >= 15 is 0 Å².